The highest BCUT2D eigenvalue weighted by Crippen LogP contribution is 2.18. The molecule has 0 amide bonds. The predicted molar refractivity (Wildman–Crippen MR) is 76.8 cm³/mol. The van der Waals surface area contributed by atoms with Crippen molar-refractivity contribution in [2.24, 2.45) is 0 Å². The molecule has 0 aliphatic rings. The van der Waals surface area contributed by atoms with Crippen molar-refractivity contribution in [2.75, 3.05) is 0 Å². The number of halogens is 2. The quantitative estimate of drug-likeness (QED) is 0.930. The number of rotatable bonds is 4. The van der Waals surface area contributed by atoms with Crippen LogP contribution in [0.4, 0.5) is 0 Å². The predicted octanol–water partition coefficient (Wildman–Crippen LogP) is 3.64. The van der Waals surface area contributed by atoms with E-state index in [1.807, 2.05) is 30.3 Å². The molecule has 0 spiro atoms. The zero-order chi connectivity index (χ0) is 13.0. The van der Waals surface area contributed by atoms with Gasteiger partial charge in [-0.1, -0.05) is 39.7 Å². The first-order valence-electron chi connectivity index (χ1n) is 5.66. The van der Waals surface area contributed by atoms with E-state index in [9.17, 15) is 5.11 Å². The molecule has 0 bridgehead atoms. The lowest BCUT2D eigenvalue weighted by Crippen LogP contribution is -2.14. The summed E-state index contributed by atoms with van der Waals surface area (Å²) in [4.78, 5) is 3.93. The number of hydrogen-bond donors (Lipinski definition) is 1. The minimum absolute atomic E-state index is 0.445. The van der Waals surface area contributed by atoms with Crippen LogP contribution in [-0.4, -0.2) is 16.2 Å². The van der Waals surface area contributed by atoms with Gasteiger partial charge in [-0.3, -0.25) is 4.98 Å². The van der Waals surface area contributed by atoms with Crippen LogP contribution in [0.3, 0.4) is 0 Å². The van der Waals surface area contributed by atoms with Gasteiger partial charge in [-0.25, -0.2) is 0 Å². The standard InChI is InChI=1S/C14H13BrClNO/c15-12-3-1-2-10(6-12)7-13(18)8-11-4-5-17-9-14(11)16/h1-6,9,13,18H,7-8H2. The van der Waals surface area contributed by atoms with Crippen molar-refractivity contribution in [3.8, 4) is 0 Å². The van der Waals surface area contributed by atoms with Gasteiger partial charge in [-0.15, -0.1) is 0 Å². The number of hydrogen-bond acceptors (Lipinski definition) is 2. The van der Waals surface area contributed by atoms with Gasteiger partial charge in [-0.05, 0) is 35.7 Å². The lowest BCUT2D eigenvalue weighted by Gasteiger charge is -2.11. The summed E-state index contributed by atoms with van der Waals surface area (Å²) in [6.45, 7) is 0. The number of pyridine rings is 1. The van der Waals surface area contributed by atoms with Crippen molar-refractivity contribution in [1.82, 2.24) is 4.98 Å². The molecule has 0 radical (unpaired) electrons. The lowest BCUT2D eigenvalue weighted by molar-refractivity contribution is 0.175. The maximum Gasteiger partial charge on any atom is 0.0622 e. The van der Waals surface area contributed by atoms with Gasteiger partial charge in [0.15, 0.2) is 0 Å². The summed E-state index contributed by atoms with van der Waals surface area (Å²) in [5.41, 5.74) is 2.02. The van der Waals surface area contributed by atoms with Crippen LogP contribution in [0.2, 0.25) is 5.02 Å². The third-order valence-electron chi connectivity index (χ3n) is 2.67. The van der Waals surface area contributed by atoms with E-state index in [-0.39, 0.29) is 0 Å². The SMILES string of the molecule is OC(Cc1cccc(Br)c1)Cc1ccncc1Cl. The first-order chi connectivity index (χ1) is 8.65. The van der Waals surface area contributed by atoms with E-state index in [1.54, 1.807) is 12.4 Å². The molecule has 1 N–H and O–H groups in total. The van der Waals surface area contributed by atoms with Crippen LogP contribution in [-0.2, 0) is 12.8 Å². The van der Waals surface area contributed by atoms with Crippen molar-refractivity contribution in [1.29, 1.82) is 0 Å². The molecule has 18 heavy (non-hydrogen) atoms. The Hall–Kier alpha value is -0.900. The monoisotopic (exact) mass is 325 g/mol. The zero-order valence-electron chi connectivity index (χ0n) is 9.68. The third kappa shape index (κ3) is 3.80. The molecular weight excluding hydrogens is 314 g/mol. The van der Waals surface area contributed by atoms with Gasteiger partial charge in [0.05, 0.1) is 11.1 Å². The van der Waals surface area contributed by atoms with Gasteiger partial charge in [0.1, 0.15) is 0 Å². The van der Waals surface area contributed by atoms with Crippen molar-refractivity contribution >= 4 is 27.5 Å². The number of benzene rings is 1. The Bertz CT molecular complexity index is 533. The fraction of sp³-hybridized carbons (Fsp3) is 0.214. The molecule has 1 aromatic heterocycles. The molecule has 1 unspecified atom stereocenters. The summed E-state index contributed by atoms with van der Waals surface area (Å²) in [5.74, 6) is 0. The third-order valence-corrected chi connectivity index (χ3v) is 3.51. The molecule has 4 heteroatoms. The molecule has 0 saturated carbocycles. The summed E-state index contributed by atoms with van der Waals surface area (Å²) in [6, 6.07) is 9.78. The molecule has 1 heterocycles. The lowest BCUT2D eigenvalue weighted by atomic mass is 10.0. The van der Waals surface area contributed by atoms with E-state index in [0.717, 1.165) is 15.6 Å². The Morgan fingerprint density at radius 3 is 2.83 bits per heavy atom. The maximum absolute atomic E-state index is 10.1. The molecule has 94 valence electrons. The molecule has 0 saturated heterocycles. The van der Waals surface area contributed by atoms with Crippen LogP contribution in [0.1, 0.15) is 11.1 Å². The molecule has 1 atom stereocenters. The topological polar surface area (TPSA) is 33.1 Å². The van der Waals surface area contributed by atoms with Crippen molar-refractivity contribution < 1.29 is 5.11 Å². The second-order valence-electron chi connectivity index (χ2n) is 4.16. The molecule has 2 nitrogen and oxygen atoms in total. The van der Waals surface area contributed by atoms with Crippen molar-refractivity contribution in [2.45, 2.75) is 18.9 Å². The second kappa shape index (κ2) is 6.32. The minimum atomic E-state index is -0.445. The van der Waals surface area contributed by atoms with E-state index in [4.69, 9.17) is 11.6 Å². The molecule has 2 aromatic rings. The molecule has 0 aliphatic carbocycles. The van der Waals surface area contributed by atoms with E-state index in [1.165, 1.54) is 0 Å². The summed E-state index contributed by atoms with van der Waals surface area (Å²) in [6.07, 6.45) is 3.99. The molecular formula is C14H13BrClNO. The molecule has 1 aromatic carbocycles. The summed E-state index contributed by atoms with van der Waals surface area (Å²) in [7, 11) is 0. The smallest absolute Gasteiger partial charge is 0.0622 e. The van der Waals surface area contributed by atoms with Gasteiger partial charge in [0.2, 0.25) is 0 Å². The molecule has 2 rings (SSSR count). The summed E-state index contributed by atoms with van der Waals surface area (Å²) < 4.78 is 1.02. The molecule has 0 fully saturated rings. The first kappa shape index (κ1) is 13.5. The van der Waals surface area contributed by atoms with Gasteiger partial charge in [-0.2, -0.15) is 0 Å². The number of aliphatic hydroxyl groups is 1. The van der Waals surface area contributed by atoms with Crippen molar-refractivity contribution in [3.05, 3.63) is 63.3 Å². The highest BCUT2D eigenvalue weighted by atomic mass is 79.9. The maximum atomic E-state index is 10.1. The zero-order valence-corrected chi connectivity index (χ0v) is 12.0. The molecule has 0 aliphatic heterocycles. The summed E-state index contributed by atoms with van der Waals surface area (Å²) in [5, 5.41) is 10.7. The summed E-state index contributed by atoms with van der Waals surface area (Å²) >= 11 is 9.43. The van der Waals surface area contributed by atoms with Gasteiger partial charge < -0.3 is 5.11 Å². The van der Waals surface area contributed by atoms with Gasteiger partial charge in [0, 0.05) is 23.3 Å². The van der Waals surface area contributed by atoms with Gasteiger partial charge >= 0.3 is 0 Å². The Balaban J connectivity index is 2.01. The van der Waals surface area contributed by atoms with Crippen molar-refractivity contribution in [3.63, 3.8) is 0 Å². The highest BCUT2D eigenvalue weighted by molar-refractivity contribution is 9.10. The largest absolute Gasteiger partial charge is 0.392 e. The second-order valence-corrected chi connectivity index (χ2v) is 5.48. The highest BCUT2D eigenvalue weighted by Gasteiger charge is 2.09. The van der Waals surface area contributed by atoms with Gasteiger partial charge in [0.25, 0.3) is 0 Å². The van der Waals surface area contributed by atoms with Crippen LogP contribution < -0.4 is 0 Å². The fourth-order valence-corrected chi connectivity index (χ4v) is 2.47. The Labute approximate surface area is 120 Å². The van der Waals surface area contributed by atoms with E-state index >= 15 is 0 Å². The Morgan fingerprint density at radius 2 is 2.11 bits per heavy atom. The van der Waals surface area contributed by atoms with Crippen LogP contribution in [0, 0.1) is 0 Å². The van der Waals surface area contributed by atoms with E-state index in [2.05, 4.69) is 20.9 Å². The normalized spacial score (nSPS) is 12.4. The average Bonchev–Trinajstić information content (AvgIpc) is 2.32. The number of aromatic nitrogens is 1. The Morgan fingerprint density at radius 1 is 1.28 bits per heavy atom. The Kier molecular flexibility index (Phi) is 4.75. The van der Waals surface area contributed by atoms with Crippen LogP contribution in [0.15, 0.2) is 47.2 Å². The average molecular weight is 327 g/mol. The first-order valence-corrected chi connectivity index (χ1v) is 6.83. The van der Waals surface area contributed by atoms with E-state index in [0.29, 0.717) is 17.9 Å². The number of aliphatic hydroxyl groups excluding tert-OH is 1. The minimum Gasteiger partial charge on any atom is -0.392 e. The van der Waals surface area contributed by atoms with Crippen LogP contribution >= 0.6 is 27.5 Å². The van der Waals surface area contributed by atoms with Crippen LogP contribution in [0.25, 0.3) is 0 Å². The number of nitrogens with zero attached hydrogens (tertiary/aromatic N) is 1. The van der Waals surface area contributed by atoms with E-state index < -0.39 is 6.10 Å². The fourth-order valence-electron chi connectivity index (χ4n) is 1.83. The van der Waals surface area contributed by atoms with Crippen LogP contribution in [0.5, 0.6) is 0 Å².